The van der Waals surface area contributed by atoms with Gasteiger partial charge in [0, 0.05) is 24.0 Å². The number of carbonyl (C=O) groups is 1. The molecule has 1 aromatic carbocycles. The van der Waals surface area contributed by atoms with E-state index in [2.05, 4.69) is 31.8 Å². The van der Waals surface area contributed by atoms with Gasteiger partial charge in [0.1, 0.15) is 5.69 Å². The van der Waals surface area contributed by atoms with E-state index in [0.29, 0.717) is 0 Å². The van der Waals surface area contributed by atoms with Crippen molar-refractivity contribution in [2.75, 3.05) is 13.1 Å². The van der Waals surface area contributed by atoms with Crippen LogP contribution < -0.4 is 0 Å². The Morgan fingerprint density at radius 1 is 1.17 bits per heavy atom. The van der Waals surface area contributed by atoms with Gasteiger partial charge in [-0.15, -0.1) is 0 Å². The normalized spacial score (nSPS) is 14.9. The number of H-pyrrole nitrogens is 1. The average molecular weight is 242 g/mol. The van der Waals surface area contributed by atoms with Crippen LogP contribution in [0.15, 0.2) is 12.1 Å². The molecular weight excluding hydrogens is 224 g/mol. The molecule has 1 aliphatic rings. The minimum absolute atomic E-state index is 0.133. The Kier molecular flexibility index (Phi) is 2.44. The SMILES string of the molecule is Cc1cc(C)c2cc(C(=O)N3CCC3)[nH]c2c1C. The standard InChI is InChI=1S/C15H18N2O/c1-9-7-10(2)12-8-13(16-14(12)11(9)3)15(18)17-5-4-6-17/h7-8,16H,4-6H2,1-3H3. The van der Waals surface area contributed by atoms with E-state index in [0.717, 1.165) is 30.7 Å². The number of carbonyl (C=O) groups excluding carboxylic acids is 1. The smallest absolute Gasteiger partial charge is 0.270 e. The van der Waals surface area contributed by atoms with Crippen molar-refractivity contribution in [3.8, 4) is 0 Å². The molecular formula is C15H18N2O. The summed E-state index contributed by atoms with van der Waals surface area (Å²) < 4.78 is 0. The highest BCUT2D eigenvalue weighted by Gasteiger charge is 2.23. The fourth-order valence-electron chi connectivity index (χ4n) is 2.57. The van der Waals surface area contributed by atoms with Crippen LogP contribution in [0.5, 0.6) is 0 Å². The van der Waals surface area contributed by atoms with Crippen LogP contribution in [-0.2, 0) is 0 Å². The lowest BCUT2D eigenvalue weighted by molar-refractivity contribution is 0.0646. The van der Waals surface area contributed by atoms with Crippen molar-refractivity contribution >= 4 is 16.8 Å². The Morgan fingerprint density at radius 2 is 1.89 bits per heavy atom. The molecule has 18 heavy (non-hydrogen) atoms. The van der Waals surface area contributed by atoms with Gasteiger partial charge in [-0.05, 0) is 49.9 Å². The summed E-state index contributed by atoms with van der Waals surface area (Å²) in [4.78, 5) is 17.4. The third-order valence-electron chi connectivity index (χ3n) is 4.02. The summed E-state index contributed by atoms with van der Waals surface area (Å²) in [6.07, 6.45) is 1.13. The Bertz CT molecular complexity index is 635. The molecule has 0 atom stereocenters. The minimum atomic E-state index is 0.133. The molecule has 3 rings (SSSR count). The monoisotopic (exact) mass is 242 g/mol. The van der Waals surface area contributed by atoms with Crippen LogP contribution in [0.3, 0.4) is 0 Å². The summed E-state index contributed by atoms with van der Waals surface area (Å²) in [5, 5.41) is 1.17. The highest BCUT2D eigenvalue weighted by molar-refractivity contribution is 6.00. The summed E-state index contributed by atoms with van der Waals surface area (Å²) in [7, 11) is 0. The number of aryl methyl sites for hydroxylation is 3. The number of hydrogen-bond acceptors (Lipinski definition) is 1. The first-order valence-corrected chi connectivity index (χ1v) is 6.46. The number of fused-ring (bicyclic) bond motifs is 1. The second-order valence-electron chi connectivity index (χ2n) is 5.25. The van der Waals surface area contributed by atoms with Crippen molar-refractivity contribution in [2.24, 2.45) is 0 Å². The van der Waals surface area contributed by atoms with Crippen LogP contribution >= 0.6 is 0 Å². The summed E-state index contributed by atoms with van der Waals surface area (Å²) in [5.74, 6) is 0.133. The van der Waals surface area contributed by atoms with Gasteiger partial charge in [0.2, 0.25) is 0 Å². The molecule has 2 heterocycles. The molecule has 1 aromatic heterocycles. The lowest BCUT2D eigenvalue weighted by atomic mass is 10.0. The zero-order valence-electron chi connectivity index (χ0n) is 11.1. The van der Waals surface area contributed by atoms with Crippen molar-refractivity contribution in [2.45, 2.75) is 27.2 Å². The van der Waals surface area contributed by atoms with E-state index in [1.54, 1.807) is 0 Å². The quantitative estimate of drug-likeness (QED) is 0.820. The van der Waals surface area contributed by atoms with Crippen LogP contribution in [0.4, 0.5) is 0 Å². The first-order valence-electron chi connectivity index (χ1n) is 6.46. The van der Waals surface area contributed by atoms with Gasteiger partial charge in [-0.3, -0.25) is 4.79 Å². The maximum atomic E-state index is 12.2. The Balaban J connectivity index is 2.13. The number of benzene rings is 1. The molecule has 94 valence electrons. The lowest BCUT2D eigenvalue weighted by Crippen LogP contribution is -2.42. The molecule has 1 fully saturated rings. The number of aromatic nitrogens is 1. The minimum Gasteiger partial charge on any atom is -0.350 e. The number of nitrogens with zero attached hydrogens (tertiary/aromatic N) is 1. The maximum Gasteiger partial charge on any atom is 0.270 e. The molecule has 3 nitrogen and oxygen atoms in total. The number of rotatable bonds is 1. The number of likely N-dealkylation sites (tertiary alicyclic amines) is 1. The van der Waals surface area contributed by atoms with E-state index in [1.807, 2.05) is 11.0 Å². The van der Waals surface area contributed by atoms with Crippen molar-refractivity contribution in [3.05, 3.63) is 34.5 Å². The molecule has 0 saturated carbocycles. The topological polar surface area (TPSA) is 36.1 Å². The van der Waals surface area contributed by atoms with Crippen LogP contribution in [0.1, 0.15) is 33.6 Å². The molecule has 0 radical (unpaired) electrons. The Labute approximate surface area is 107 Å². The molecule has 0 aliphatic carbocycles. The van der Waals surface area contributed by atoms with Gasteiger partial charge in [0.15, 0.2) is 0 Å². The van der Waals surface area contributed by atoms with Gasteiger partial charge < -0.3 is 9.88 Å². The van der Waals surface area contributed by atoms with E-state index in [4.69, 9.17) is 0 Å². The molecule has 0 spiro atoms. The summed E-state index contributed by atoms with van der Waals surface area (Å²) in [6, 6.07) is 4.18. The molecule has 1 amide bonds. The maximum absolute atomic E-state index is 12.2. The predicted molar refractivity (Wildman–Crippen MR) is 73.0 cm³/mol. The third-order valence-corrected chi connectivity index (χ3v) is 4.02. The van der Waals surface area contributed by atoms with Crippen molar-refractivity contribution in [1.29, 1.82) is 0 Å². The van der Waals surface area contributed by atoms with E-state index in [1.165, 1.54) is 22.1 Å². The predicted octanol–water partition coefficient (Wildman–Crippen LogP) is 2.94. The highest BCUT2D eigenvalue weighted by atomic mass is 16.2. The van der Waals surface area contributed by atoms with Gasteiger partial charge in [-0.25, -0.2) is 0 Å². The molecule has 1 N–H and O–H groups in total. The number of nitrogens with one attached hydrogen (secondary N) is 1. The summed E-state index contributed by atoms with van der Waals surface area (Å²) in [6.45, 7) is 8.10. The number of amides is 1. The van der Waals surface area contributed by atoms with E-state index in [9.17, 15) is 4.79 Å². The number of aromatic amines is 1. The first-order chi connectivity index (χ1) is 8.58. The molecule has 1 aliphatic heterocycles. The van der Waals surface area contributed by atoms with Crippen LogP contribution in [0.25, 0.3) is 10.9 Å². The average Bonchev–Trinajstić information content (AvgIpc) is 2.69. The zero-order valence-corrected chi connectivity index (χ0v) is 11.1. The summed E-state index contributed by atoms with van der Waals surface area (Å²) >= 11 is 0. The second-order valence-corrected chi connectivity index (χ2v) is 5.25. The largest absolute Gasteiger partial charge is 0.350 e. The van der Waals surface area contributed by atoms with Crippen LogP contribution in [0, 0.1) is 20.8 Å². The van der Waals surface area contributed by atoms with E-state index >= 15 is 0 Å². The van der Waals surface area contributed by atoms with Crippen molar-refractivity contribution < 1.29 is 4.79 Å². The molecule has 2 aromatic rings. The van der Waals surface area contributed by atoms with E-state index < -0.39 is 0 Å². The van der Waals surface area contributed by atoms with Crippen LogP contribution in [-0.4, -0.2) is 28.9 Å². The molecule has 3 heteroatoms. The fourth-order valence-corrected chi connectivity index (χ4v) is 2.57. The second kappa shape index (κ2) is 3.87. The zero-order chi connectivity index (χ0) is 12.9. The third kappa shape index (κ3) is 1.54. The lowest BCUT2D eigenvalue weighted by Gasteiger charge is -2.30. The van der Waals surface area contributed by atoms with Gasteiger partial charge >= 0.3 is 0 Å². The molecule has 1 saturated heterocycles. The molecule has 0 unspecified atom stereocenters. The number of hydrogen-bond donors (Lipinski definition) is 1. The molecule has 0 bridgehead atoms. The first kappa shape index (κ1) is 11.3. The van der Waals surface area contributed by atoms with Gasteiger partial charge in [0.05, 0.1) is 0 Å². The van der Waals surface area contributed by atoms with Crippen LogP contribution in [0.2, 0.25) is 0 Å². The van der Waals surface area contributed by atoms with Gasteiger partial charge in [0.25, 0.3) is 5.91 Å². The van der Waals surface area contributed by atoms with Gasteiger partial charge in [-0.2, -0.15) is 0 Å². The van der Waals surface area contributed by atoms with Gasteiger partial charge in [-0.1, -0.05) is 6.07 Å². The summed E-state index contributed by atoms with van der Waals surface area (Å²) in [5.41, 5.74) is 5.56. The van der Waals surface area contributed by atoms with Crippen molar-refractivity contribution in [1.82, 2.24) is 9.88 Å². The Morgan fingerprint density at radius 3 is 2.50 bits per heavy atom. The fraction of sp³-hybridized carbons (Fsp3) is 0.400. The van der Waals surface area contributed by atoms with Crippen molar-refractivity contribution in [3.63, 3.8) is 0 Å². The van der Waals surface area contributed by atoms with E-state index in [-0.39, 0.29) is 5.91 Å². The Hall–Kier alpha value is -1.77. The highest BCUT2D eigenvalue weighted by Crippen LogP contribution is 2.26.